The van der Waals surface area contributed by atoms with Gasteiger partial charge in [0, 0.05) is 11.9 Å². The molecule has 2 aromatic heterocycles. The number of rotatable bonds is 1. The molecule has 3 aromatic rings. The molecule has 0 aliphatic carbocycles. The van der Waals surface area contributed by atoms with Crippen molar-refractivity contribution in [3.8, 4) is 0 Å². The molecule has 3 heterocycles. The molecule has 4 rings (SSSR count). The molecule has 22 heavy (non-hydrogen) atoms. The number of nitrogens with zero attached hydrogens (tertiary/aromatic N) is 1. The molecule has 112 valence electrons. The molecule has 0 saturated carbocycles. The van der Waals surface area contributed by atoms with Crippen LogP contribution in [0.1, 0.15) is 10.6 Å². The zero-order valence-electron chi connectivity index (χ0n) is 11.4. The second-order valence-electron chi connectivity index (χ2n) is 5.18. The highest BCUT2D eigenvalue weighted by molar-refractivity contribution is 6.30. The number of aliphatic hydroxyl groups excluding tert-OH is 1. The lowest BCUT2D eigenvalue weighted by molar-refractivity contribution is 0.0900. The third kappa shape index (κ3) is 1.92. The zero-order valence-corrected chi connectivity index (χ0v) is 12.1. The summed E-state index contributed by atoms with van der Waals surface area (Å²) in [4.78, 5) is 16.5. The van der Waals surface area contributed by atoms with E-state index in [0.29, 0.717) is 23.0 Å². The quantitative estimate of drug-likeness (QED) is 0.599. The first kappa shape index (κ1) is 13.4. The first-order chi connectivity index (χ1) is 10.7. The molecule has 1 aliphatic heterocycles. The maximum Gasteiger partial charge on any atom is 0.289 e. The van der Waals surface area contributed by atoms with Gasteiger partial charge in [-0.25, -0.2) is 4.98 Å². The molecule has 1 atom stereocenters. The van der Waals surface area contributed by atoms with E-state index in [1.165, 1.54) is 0 Å². The number of halogens is 1. The van der Waals surface area contributed by atoms with Gasteiger partial charge in [0.2, 0.25) is 5.76 Å². The van der Waals surface area contributed by atoms with Crippen LogP contribution in [0.5, 0.6) is 0 Å². The molecule has 7 heteroatoms. The number of aliphatic hydroxyl groups is 1. The number of pyridine rings is 1. The molecule has 1 aromatic carbocycles. The molecule has 0 bridgehead atoms. The van der Waals surface area contributed by atoms with Crippen molar-refractivity contribution in [1.82, 2.24) is 10.3 Å². The van der Waals surface area contributed by atoms with Crippen LogP contribution >= 0.6 is 11.6 Å². The number of anilines is 1. The van der Waals surface area contributed by atoms with E-state index in [2.05, 4.69) is 15.6 Å². The molecule has 0 saturated heterocycles. The van der Waals surface area contributed by atoms with Crippen LogP contribution in [-0.4, -0.2) is 35.2 Å². The number of nitrogens with one attached hydrogen (secondary N) is 2. The van der Waals surface area contributed by atoms with E-state index >= 15 is 0 Å². The van der Waals surface area contributed by atoms with E-state index in [-0.39, 0.29) is 24.3 Å². The first-order valence-corrected chi connectivity index (χ1v) is 7.22. The Balaban J connectivity index is 2.00. The lowest BCUT2D eigenvalue weighted by Gasteiger charge is -2.12. The third-order valence-corrected chi connectivity index (χ3v) is 3.99. The number of aromatic nitrogens is 1. The molecule has 6 nitrogen and oxygen atoms in total. The molecule has 0 unspecified atom stereocenters. The predicted octanol–water partition coefficient (Wildman–Crippen LogP) is 2.15. The van der Waals surface area contributed by atoms with Gasteiger partial charge >= 0.3 is 0 Å². The second kappa shape index (κ2) is 4.86. The lowest BCUT2D eigenvalue weighted by atomic mass is 10.1. The normalized spacial score (nSPS) is 17.9. The minimum absolute atomic E-state index is 0.140. The fourth-order valence-corrected chi connectivity index (χ4v) is 2.90. The van der Waals surface area contributed by atoms with Gasteiger partial charge in [0.05, 0.1) is 29.2 Å². The van der Waals surface area contributed by atoms with Crippen LogP contribution in [0, 0.1) is 0 Å². The number of hydrogen-bond donors (Lipinski definition) is 3. The van der Waals surface area contributed by atoms with Crippen LogP contribution in [-0.2, 0) is 0 Å². The van der Waals surface area contributed by atoms with Crippen molar-refractivity contribution in [1.29, 1.82) is 0 Å². The number of benzene rings is 1. The number of hydrogen-bond acceptors (Lipinski definition) is 5. The first-order valence-electron chi connectivity index (χ1n) is 6.84. The van der Waals surface area contributed by atoms with Crippen molar-refractivity contribution < 1.29 is 14.3 Å². The summed E-state index contributed by atoms with van der Waals surface area (Å²) >= 11 is 5.93. The minimum atomic E-state index is -0.354. The Morgan fingerprint density at radius 2 is 2.23 bits per heavy atom. The Morgan fingerprint density at radius 1 is 1.36 bits per heavy atom. The largest absolute Gasteiger partial charge is 0.449 e. The van der Waals surface area contributed by atoms with Gasteiger partial charge in [-0.3, -0.25) is 4.79 Å². The highest BCUT2D eigenvalue weighted by Gasteiger charge is 2.27. The molecule has 0 fully saturated rings. The van der Waals surface area contributed by atoms with Crippen LogP contribution < -0.4 is 10.6 Å². The van der Waals surface area contributed by atoms with Crippen LogP contribution in [0.3, 0.4) is 0 Å². The van der Waals surface area contributed by atoms with Gasteiger partial charge in [0.15, 0.2) is 0 Å². The number of furan rings is 1. The van der Waals surface area contributed by atoms with E-state index in [9.17, 15) is 9.90 Å². The average Bonchev–Trinajstić information content (AvgIpc) is 2.82. The highest BCUT2D eigenvalue weighted by Crippen LogP contribution is 2.37. The summed E-state index contributed by atoms with van der Waals surface area (Å²) in [6.45, 7) is 0.278. The monoisotopic (exact) mass is 317 g/mol. The molecule has 0 radical (unpaired) electrons. The van der Waals surface area contributed by atoms with Crippen molar-refractivity contribution in [2.45, 2.75) is 6.04 Å². The Morgan fingerprint density at radius 3 is 3.05 bits per heavy atom. The van der Waals surface area contributed by atoms with Crippen molar-refractivity contribution in [2.24, 2.45) is 0 Å². The van der Waals surface area contributed by atoms with Crippen LogP contribution in [0.25, 0.3) is 21.9 Å². The fraction of sp³-hybridized carbons (Fsp3) is 0.200. The van der Waals surface area contributed by atoms with Gasteiger partial charge in [-0.2, -0.15) is 0 Å². The third-order valence-electron chi connectivity index (χ3n) is 3.78. The Hall–Kier alpha value is -2.31. The molecule has 3 N–H and O–H groups in total. The maximum atomic E-state index is 12.2. The molecule has 1 amide bonds. The Kier molecular flexibility index (Phi) is 2.95. The summed E-state index contributed by atoms with van der Waals surface area (Å²) < 4.78 is 5.70. The van der Waals surface area contributed by atoms with E-state index in [1.807, 2.05) is 6.07 Å². The van der Waals surface area contributed by atoms with E-state index in [4.69, 9.17) is 16.0 Å². The summed E-state index contributed by atoms with van der Waals surface area (Å²) in [6.07, 6.45) is 0. The predicted molar refractivity (Wildman–Crippen MR) is 83.4 cm³/mol. The molecular weight excluding hydrogens is 306 g/mol. The molecule has 1 aliphatic rings. The van der Waals surface area contributed by atoms with Gasteiger partial charge < -0.3 is 20.2 Å². The van der Waals surface area contributed by atoms with Gasteiger partial charge in [-0.1, -0.05) is 11.6 Å². The molecular formula is C15H12ClN3O3. The van der Waals surface area contributed by atoms with Gasteiger partial charge in [-0.05, 0) is 24.3 Å². The fourth-order valence-electron chi connectivity index (χ4n) is 2.74. The van der Waals surface area contributed by atoms with Gasteiger partial charge in [0.25, 0.3) is 5.91 Å². The second-order valence-corrected chi connectivity index (χ2v) is 5.57. The SMILES string of the molecule is O=C1N[C@H](CO)CNc2c1oc1ccc3nc(Cl)ccc3c21. The van der Waals surface area contributed by atoms with Crippen LogP contribution in [0.4, 0.5) is 5.69 Å². The van der Waals surface area contributed by atoms with Gasteiger partial charge in [-0.15, -0.1) is 0 Å². The number of amides is 1. The number of fused-ring (bicyclic) bond motifs is 5. The lowest BCUT2D eigenvalue weighted by Crippen LogP contribution is -2.39. The summed E-state index contributed by atoms with van der Waals surface area (Å²) in [7, 11) is 0. The number of carbonyl (C=O) groups is 1. The topological polar surface area (TPSA) is 87.4 Å². The van der Waals surface area contributed by atoms with E-state index < -0.39 is 0 Å². The Bertz CT molecular complexity index is 906. The minimum Gasteiger partial charge on any atom is -0.449 e. The zero-order chi connectivity index (χ0) is 15.3. The number of carbonyl (C=O) groups excluding carboxylic acids is 1. The van der Waals surface area contributed by atoms with Gasteiger partial charge in [0.1, 0.15) is 10.7 Å². The van der Waals surface area contributed by atoms with Crippen molar-refractivity contribution >= 4 is 45.1 Å². The summed E-state index contributed by atoms with van der Waals surface area (Å²) in [6, 6.07) is 6.79. The van der Waals surface area contributed by atoms with E-state index in [0.717, 1.165) is 16.3 Å². The Labute approximate surface area is 130 Å². The van der Waals surface area contributed by atoms with Crippen molar-refractivity contribution in [2.75, 3.05) is 18.5 Å². The smallest absolute Gasteiger partial charge is 0.289 e. The van der Waals surface area contributed by atoms with Crippen molar-refractivity contribution in [3.63, 3.8) is 0 Å². The van der Waals surface area contributed by atoms with Crippen molar-refractivity contribution in [3.05, 3.63) is 35.2 Å². The standard InChI is InChI=1S/C15H12ClN3O3/c16-11-4-1-8-9(19-11)2-3-10-12(8)13-14(22-10)15(21)18-7(6-20)5-17-13/h1-4,7,17,20H,5-6H2,(H,18,21)/t7-/m0/s1. The van der Waals surface area contributed by atoms with Crippen LogP contribution in [0.2, 0.25) is 5.15 Å². The highest BCUT2D eigenvalue weighted by atomic mass is 35.5. The van der Waals surface area contributed by atoms with E-state index in [1.54, 1.807) is 18.2 Å². The maximum absolute atomic E-state index is 12.2. The van der Waals surface area contributed by atoms with Crippen LogP contribution in [0.15, 0.2) is 28.7 Å². The molecule has 0 spiro atoms. The summed E-state index contributed by atoms with van der Waals surface area (Å²) in [5.41, 5.74) is 1.96. The summed E-state index contributed by atoms with van der Waals surface area (Å²) in [5, 5.41) is 17.2. The average molecular weight is 318 g/mol. The summed E-state index contributed by atoms with van der Waals surface area (Å²) in [5.74, 6) is -0.126.